The van der Waals surface area contributed by atoms with Crippen molar-refractivity contribution in [2.24, 2.45) is 5.41 Å². The fraction of sp³-hybridized carbons (Fsp3) is 0.429. The zero-order valence-corrected chi connectivity index (χ0v) is 10.7. The smallest absolute Gasteiger partial charge is 0.407 e. The highest BCUT2D eigenvalue weighted by Gasteiger charge is 2.47. The van der Waals surface area contributed by atoms with Crippen molar-refractivity contribution in [2.75, 3.05) is 13.1 Å². The van der Waals surface area contributed by atoms with E-state index < -0.39 is 17.5 Å². The van der Waals surface area contributed by atoms with Gasteiger partial charge in [-0.3, -0.25) is 4.79 Å². The molecule has 0 bridgehead atoms. The molecule has 0 radical (unpaired) electrons. The number of nitrogens with zero attached hydrogens (tertiary/aromatic N) is 1. The van der Waals surface area contributed by atoms with Gasteiger partial charge in [0.05, 0.1) is 5.41 Å². The SMILES string of the molecule is C[C@]1(C(=O)O)CN(C(=O)O)CC[C@@H]1c1ccccc1. The lowest BCUT2D eigenvalue weighted by Gasteiger charge is -2.42. The molecule has 1 amide bonds. The number of carbonyl (C=O) groups is 2. The lowest BCUT2D eigenvalue weighted by atomic mass is 9.69. The first-order valence-corrected chi connectivity index (χ1v) is 6.21. The average molecular weight is 263 g/mol. The third kappa shape index (κ3) is 2.41. The van der Waals surface area contributed by atoms with Crippen LogP contribution in [0.25, 0.3) is 0 Å². The average Bonchev–Trinajstić information content (AvgIpc) is 2.39. The summed E-state index contributed by atoms with van der Waals surface area (Å²) in [5, 5.41) is 18.6. The topological polar surface area (TPSA) is 77.8 Å². The molecule has 1 aliphatic heterocycles. The number of benzene rings is 1. The number of aliphatic carboxylic acids is 1. The van der Waals surface area contributed by atoms with E-state index >= 15 is 0 Å². The molecule has 0 saturated carbocycles. The summed E-state index contributed by atoms with van der Waals surface area (Å²) in [6.07, 6.45) is -0.530. The number of likely N-dealkylation sites (tertiary alicyclic amines) is 1. The van der Waals surface area contributed by atoms with Crippen molar-refractivity contribution < 1.29 is 19.8 Å². The molecule has 2 rings (SSSR count). The van der Waals surface area contributed by atoms with Gasteiger partial charge in [-0.25, -0.2) is 4.79 Å². The summed E-state index contributed by atoms with van der Waals surface area (Å²) in [4.78, 5) is 23.8. The van der Waals surface area contributed by atoms with Gasteiger partial charge in [0.1, 0.15) is 0 Å². The summed E-state index contributed by atoms with van der Waals surface area (Å²) in [5.41, 5.74) is -0.129. The molecule has 0 aliphatic carbocycles. The number of hydrogen-bond donors (Lipinski definition) is 2. The quantitative estimate of drug-likeness (QED) is 0.857. The maximum Gasteiger partial charge on any atom is 0.407 e. The van der Waals surface area contributed by atoms with E-state index in [0.29, 0.717) is 13.0 Å². The first-order valence-electron chi connectivity index (χ1n) is 6.21. The molecular weight excluding hydrogens is 246 g/mol. The highest BCUT2D eigenvalue weighted by atomic mass is 16.4. The molecular formula is C14H17NO4. The Morgan fingerprint density at radius 1 is 1.26 bits per heavy atom. The van der Waals surface area contributed by atoms with Crippen LogP contribution in [-0.2, 0) is 4.79 Å². The van der Waals surface area contributed by atoms with Gasteiger partial charge in [-0.05, 0) is 18.9 Å². The van der Waals surface area contributed by atoms with E-state index in [9.17, 15) is 14.7 Å². The molecule has 2 atom stereocenters. The van der Waals surface area contributed by atoms with Gasteiger partial charge in [0.25, 0.3) is 0 Å². The minimum Gasteiger partial charge on any atom is -0.481 e. The monoisotopic (exact) mass is 263 g/mol. The van der Waals surface area contributed by atoms with Crippen LogP contribution in [0.3, 0.4) is 0 Å². The first-order chi connectivity index (χ1) is 8.95. The number of carboxylic acids is 1. The van der Waals surface area contributed by atoms with E-state index in [-0.39, 0.29) is 12.5 Å². The molecule has 1 saturated heterocycles. The molecule has 102 valence electrons. The zero-order chi connectivity index (χ0) is 14.0. The van der Waals surface area contributed by atoms with E-state index in [4.69, 9.17) is 5.11 Å². The van der Waals surface area contributed by atoms with Crippen molar-refractivity contribution in [1.82, 2.24) is 4.90 Å². The van der Waals surface area contributed by atoms with Crippen molar-refractivity contribution in [3.8, 4) is 0 Å². The van der Waals surface area contributed by atoms with Crippen molar-refractivity contribution in [1.29, 1.82) is 0 Å². The fourth-order valence-corrected chi connectivity index (χ4v) is 2.79. The molecule has 19 heavy (non-hydrogen) atoms. The molecule has 1 fully saturated rings. The molecule has 1 aromatic rings. The highest BCUT2D eigenvalue weighted by molar-refractivity contribution is 5.77. The minimum absolute atomic E-state index is 0.0250. The van der Waals surface area contributed by atoms with Gasteiger partial charge in [-0.2, -0.15) is 0 Å². The molecule has 0 aromatic heterocycles. The molecule has 1 aliphatic rings. The molecule has 5 heteroatoms. The Morgan fingerprint density at radius 2 is 1.89 bits per heavy atom. The van der Waals surface area contributed by atoms with E-state index in [0.717, 1.165) is 5.56 Å². The van der Waals surface area contributed by atoms with Crippen LogP contribution in [0.5, 0.6) is 0 Å². The Kier molecular flexibility index (Phi) is 3.46. The number of piperidine rings is 1. The second-order valence-corrected chi connectivity index (χ2v) is 5.18. The van der Waals surface area contributed by atoms with Crippen LogP contribution in [0.2, 0.25) is 0 Å². The van der Waals surface area contributed by atoms with Crippen molar-refractivity contribution in [3.05, 3.63) is 35.9 Å². The largest absolute Gasteiger partial charge is 0.481 e. The van der Waals surface area contributed by atoms with Gasteiger partial charge in [0.2, 0.25) is 0 Å². The van der Waals surface area contributed by atoms with Crippen LogP contribution in [0, 0.1) is 5.41 Å². The number of amides is 1. The zero-order valence-electron chi connectivity index (χ0n) is 10.7. The second-order valence-electron chi connectivity index (χ2n) is 5.18. The summed E-state index contributed by atoms with van der Waals surface area (Å²) in [6, 6.07) is 9.45. The Balaban J connectivity index is 2.34. The van der Waals surface area contributed by atoms with Crippen LogP contribution in [0.1, 0.15) is 24.8 Å². The van der Waals surface area contributed by atoms with Crippen LogP contribution in [0.15, 0.2) is 30.3 Å². The van der Waals surface area contributed by atoms with Crippen LogP contribution >= 0.6 is 0 Å². The molecule has 1 aromatic carbocycles. The second kappa shape index (κ2) is 4.91. The summed E-state index contributed by atoms with van der Waals surface area (Å²) in [5.74, 6) is -1.12. The lowest BCUT2D eigenvalue weighted by Crippen LogP contribution is -2.51. The Bertz CT molecular complexity index is 487. The number of hydrogen-bond acceptors (Lipinski definition) is 2. The number of carboxylic acid groups (broad SMARTS) is 2. The van der Waals surface area contributed by atoms with Crippen LogP contribution in [-0.4, -0.2) is 40.3 Å². The van der Waals surface area contributed by atoms with Crippen LogP contribution < -0.4 is 0 Å². The molecule has 2 N–H and O–H groups in total. The number of rotatable bonds is 2. The Morgan fingerprint density at radius 3 is 2.42 bits per heavy atom. The predicted octanol–water partition coefficient (Wildman–Crippen LogP) is 2.24. The molecule has 0 unspecified atom stereocenters. The van der Waals surface area contributed by atoms with E-state index in [2.05, 4.69) is 0 Å². The summed E-state index contributed by atoms with van der Waals surface area (Å²) in [6.45, 7) is 2.02. The Hall–Kier alpha value is -2.04. The van der Waals surface area contributed by atoms with Gasteiger partial charge in [-0.1, -0.05) is 30.3 Å². The molecule has 0 spiro atoms. The fourth-order valence-electron chi connectivity index (χ4n) is 2.79. The van der Waals surface area contributed by atoms with E-state index in [1.54, 1.807) is 6.92 Å². The van der Waals surface area contributed by atoms with Gasteiger partial charge in [-0.15, -0.1) is 0 Å². The van der Waals surface area contributed by atoms with Gasteiger partial charge < -0.3 is 15.1 Å². The van der Waals surface area contributed by atoms with Gasteiger partial charge in [0, 0.05) is 19.0 Å². The molecule has 1 heterocycles. The van der Waals surface area contributed by atoms with E-state index in [1.165, 1.54) is 4.90 Å². The third-order valence-electron chi connectivity index (χ3n) is 3.94. The summed E-state index contributed by atoms with van der Waals surface area (Å²) >= 11 is 0. The van der Waals surface area contributed by atoms with Crippen LogP contribution in [0.4, 0.5) is 4.79 Å². The Labute approximate surface area is 111 Å². The van der Waals surface area contributed by atoms with Crippen molar-refractivity contribution >= 4 is 12.1 Å². The maximum atomic E-state index is 11.6. The molecule has 5 nitrogen and oxygen atoms in total. The summed E-state index contributed by atoms with van der Waals surface area (Å²) < 4.78 is 0. The maximum absolute atomic E-state index is 11.6. The standard InChI is InChI=1S/C14H17NO4/c1-14(12(16)17)9-15(13(18)19)8-7-11(14)10-5-3-2-4-6-10/h2-6,11H,7-9H2,1H3,(H,16,17)(H,18,19)/t11-,14+/m1/s1. The normalized spacial score (nSPS) is 27.0. The van der Waals surface area contributed by atoms with Gasteiger partial charge in [0.15, 0.2) is 0 Å². The first kappa shape index (κ1) is 13.4. The van der Waals surface area contributed by atoms with Gasteiger partial charge >= 0.3 is 12.1 Å². The highest BCUT2D eigenvalue weighted by Crippen LogP contribution is 2.42. The van der Waals surface area contributed by atoms with Crippen molar-refractivity contribution in [3.63, 3.8) is 0 Å². The minimum atomic E-state index is -1.09. The van der Waals surface area contributed by atoms with Crippen molar-refractivity contribution in [2.45, 2.75) is 19.3 Å². The lowest BCUT2D eigenvalue weighted by molar-refractivity contribution is -0.152. The third-order valence-corrected chi connectivity index (χ3v) is 3.94. The predicted molar refractivity (Wildman–Crippen MR) is 69.1 cm³/mol. The summed E-state index contributed by atoms with van der Waals surface area (Å²) in [7, 11) is 0. The van der Waals surface area contributed by atoms with E-state index in [1.807, 2.05) is 30.3 Å².